The van der Waals surface area contributed by atoms with E-state index in [1.54, 1.807) is 12.5 Å². The molecule has 1 unspecified atom stereocenters. The van der Waals surface area contributed by atoms with Crippen LogP contribution in [-0.2, 0) is 19.0 Å². The van der Waals surface area contributed by atoms with Gasteiger partial charge in [0.15, 0.2) is 0 Å². The summed E-state index contributed by atoms with van der Waals surface area (Å²) in [5.74, 6) is -0.712. The maximum atomic E-state index is 12.0. The minimum absolute atomic E-state index is 0.0804. The zero-order chi connectivity index (χ0) is 14.2. The Labute approximate surface area is 119 Å². The Kier molecular flexibility index (Phi) is 3.36. The molecule has 0 saturated heterocycles. The third-order valence-electron chi connectivity index (χ3n) is 4.32. The molecule has 0 N–H and O–H groups in total. The van der Waals surface area contributed by atoms with Crippen molar-refractivity contribution in [3.05, 3.63) is 23.8 Å². The van der Waals surface area contributed by atoms with Crippen molar-refractivity contribution in [2.75, 3.05) is 20.2 Å². The molecule has 1 spiro atoms. The Morgan fingerprint density at radius 2 is 2.25 bits per heavy atom. The zero-order valence-corrected chi connectivity index (χ0v) is 12.1. The van der Waals surface area contributed by atoms with Crippen molar-refractivity contribution in [1.29, 1.82) is 0 Å². The Bertz CT molecular complexity index is 460. The van der Waals surface area contributed by atoms with Gasteiger partial charge in [-0.1, -0.05) is 0 Å². The molecular formula is C15H21NO4. The quantitative estimate of drug-likeness (QED) is 0.725. The standard InChI is InChI=1S/C15H21NO4/c1-3-18-14(17)12-8-11-9-15(19-6-7-20-15)5-4-13(11)16(2)10-12/h6-7,12H,3-5,8-10H2,1-2H3. The molecule has 0 aromatic carbocycles. The Balaban J connectivity index is 1.76. The van der Waals surface area contributed by atoms with Gasteiger partial charge in [0, 0.05) is 32.1 Å². The monoisotopic (exact) mass is 279 g/mol. The molecule has 5 heteroatoms. The van der Waals surface area contributed by atoms with Gasteiger partial charge >= 0.3 is 5.97 Å². The minimum atomic E-state index is -0.532. The number of carbonyl (C=O) groups excluding carboxylic acids is 1. The van der Waals surface area contributed by atoms with Crippen LogP contribution in [0.2, 0.25) is 0 Å². The lowest BCUT2D eigenvalue weighted by molar-refractivity contribution is -0.155. The van der Waals surface area contributed by atoms with Gasteiger partial charge in [-0.05, 0) is 25.3 Å². The normalized spacial score (nSPS) is 27.1. The van der Waals surface area contributed by atoms with Gasteiger partial charge in [0.25, 0.3) is 5.79 Å². The van der Waals surface area contributed by atoms with Gasteiger partial charge in [0.1, 0.15) is 12.5 Å². The van der Waals surface area contributed by atoms with Gasteiger partial charge < -0.3 is 19.1 Å². The fourth-order valence-corrected chi connectivity index (χ4v) is 3.41. The first-order valence-electron chi connectivity index (χ1n) is 7.23. The Morgan fingerprint density at radius 3 is 2.95 bits per heavy atom. The predicted molar refractivity (Wildman–Crippen MR) is 72.3 cm³/mol. The van der Waals surface area contributed by atoms with Crippen molar-refractivity contribution >= 4 is 5.97 Å². The van der Waals surface area contributed by atoms with Crippen molar-refractivity contribution in [2.24, 2.45) is 5.92 Å². The highest BCUT2D eigenvalue weighted by molar-refractivity contribution is 5.73. The van der Waals surface area contributed by atoms with Crippen LogP contribution in [0.3, 0.4) is 0 Å². The van der Waals surface area contributed by atoms with Gasteiger partial charge in [-0.3, -0.25) is 4.79 Å². The lowest BCUT2D eigenvalue weighted by Gasteiger charge is -2.41. The van der Waals surface area contributed by atoms with Crippen molar-refractivity contribution in [3.63, 3.8) is 0 Å². The van der Waals surface area contributed by atoms with Gasteiger partial charge in [0.05, 0.1) is 12.5 Å². The number of ether oxygens (including phenoxy) is 3. The molecule has 0 bridgehead atoms. The maximum absolute atomic E-state index is 12.0. The summed E-state index contributed by atoms with van der Waals surface area (Å²) in [6, 6.07) is 0. The van der Waals surface area contributed by atoms with E-state index < -0.39 is 5.79 Å². The molecule has 3 aliphatic rings. The lowest BCUT2D eigenvalue weighted by Crippen LogP contribution is -2.42. The van der Waals surface area contributed by atoms with Crippen molar-refractivity contribution in [3.8, 4) is 0 Å². The van der Waals surface area contributed by atoms with Crippen LogP contribution < -0.4 is 0 Å². The first kappa shape index (κ1) is 13.3. The summed E-state index contributed by atoms with van der Waals surface area (Å²) in [5.41, 5.74) is 2.61. The van der Waals surface area contributed by atoms with Crippen molar-refractivity contribution in [1.82, 2.24) is 4.90 Å². The van der Waals surface area contributed by atoms with Crippen LogP contribution in [0.1, 0.15) is 32.6 Å². The molecule has 20 heavy (non-hydrogen) atoms. The van der Waals surface area contributed by atoms with Crippen LogP contribution in [0.15, 0.2) is 23.8 Å². The highest BCUT2D eigenvalue weighted by Crippen LogP contribution is 2.44. The van der Waals surface area contributed by atoms with E-state index in [9.17, 15) is 4.79 Å². The molecule has 0 aromatic heterocycles. The highest BCUT2D eigenvalue weighted by Gasteiger charge is 2.44. The second kappa shape index (κ2) is 5.04. The van der Waals surface area contributed by atoms with Crippen LogP contribution in [-0.4, -0.2) is 36.9 Å². The summed E-state index contributed by atoms with van der Waals surface area (Å²) in [4.78, 5) is 14.2. The number of rotatable bonds is 2. The summed E-state index contributed by atoms with van der Waals surface area (Å²) < 4.78 is 16.4. The topological polar surface area (TPSA) is 48.0 Å². The van der Waals surface area contributed by atoms with E-state index >= 15 is 0 Å². The molecule has 1 aliphatic carbocycles. The van der Waals surface area contributed by atoms with E-state index in [0.29, 0.717) is 6.61 Å². The number of hydrogen-bond acceptors (Lipinski definition) is 5. The average molecular weight is 279 g/mol. The molecular weight excluding hydrogens is 258 g/mol. The SMILES string of the molecule is CCOC(=O)C1CC2=C(CCC3(C2)OC=CO3)N(C)C1. The van der Waals surface area contributed by atoms with Gasteiger partial charge in [-0.15, -0.1) is 0 Å². The number of allylic oxidation sites excluding steroid dienone is 1. The van der Waals surface area contributed by atoms with Crippen LogP contribution in [0, 0.1) is 5.92 Å². The van der Waals surface area contributed by atoms with Gasteiger partial charge in [0.2, 0.25) is 0 Å². The molecule has 0 saturated carbocycles. The summed E-state index contributed by atoms with van der Waals surface area (Å²) in [6.07, 6.45) is 6.50. The summed E-state index contributed by atoms with van der Waals surface area (Å²) in [5, 5.41) is 0. The molecule has 3 rings (SSSR count). The smallest absolute Gasteiger partial charge is 0.311 e. The Hall–Kier alpha value is -1.65. The second-order valence-electron chi connectivity index (χ2n) is 5.68. The largest absolute Gasteiger partial charge is 0.466 e. The van der Waals surface area contributed by atoms with E-state index in [1.165, 1.54) is 11.3 Å². The summed E-state index contributed by atoms with van der Waals surface area (Å²) in [6.45, 7) is 3.02. The number of hydrogen-bond donors (Lipinski definition) is 0. The van der Waals surface area contributed by atoms with E-state index in [0.717, 1.165) is 32.2 Å². The highest BCUT2D eigenvalue weighted by atomic mass is 16.7. The zero-order valence-electron chi connectivity index (χ0n) is 12.1. The first-order chi connectivity index (χ1) is 9.63. The van der Waals surface area contributed by atoms with E-state index in [2.05, 4.69) is 4.90 Å². The predicted octanol–water partition coefficient (Wildman–Crippen LogP) is 2.15. The Morgan fingerprint density at radius 1 is 1.50 bits per heavy atom. The summed E-state index contributed by atoms with van der Waals surface area (Å²) in [7, 11) is 2.05. The number of esters is 1. The van der Waals surface area contributed by atoms with Crippen LogP contribution in [0.25, 0.3) is 0 Å². The average Bonchev–Trinajstić information content (AvgIpc) is 2.86. The second-order valence-corrected chi connectivity index (χ2v) is 5.68. The molecule has 0 aromatic rings. The third kappa shape index (κ3) is 2.25. The molecule has 0 radical (unpaired) electrons. The minimum Gasteiger partial charge on any atom is -0.466 e. The van der Waals surface area contributed by atoms with Crippen molar-refractivity contribution < 1.29 is 19.0 Å². The molecule has 110 valence electrons. The first-order valence-corrected chi connectivity index (χ1v) is 7.23. The van der Waals surface area contributed by atoms with E-state index in [4.69, 9.17) is 14.2 Å². The van der Waals surface area contributed by atoms with Crippen LogP contribution >= 0.6 is 0 Å². The van der Waals surface area contributed by atoms with E-state index in [-0.39, 0.29) is 11.9 Å². The lowest BCUT2D eigenvalue weighted by atomic mass is 9.82. The fraction of sp³-hybridized carbons (Fsp3) is 0.667. The molecule has 0 fully saturated rings. The molecule has 2 aliphatic heterocycles. The molecule has 0 amide bonds. The molecule has 1 atom stereocenters. The number of carbonyl (C=O) groups is 1. The maximum Gasteiger partial charge on any atom is 0.311 e. The fourth-order valence-electron chi connectivity index (χ4n) is 3.41. The van der Waals surface area contributed by atoms with Gasteiger partial charge in [-0.25, -0.2) is 0 Å². The molecule has 5 nitrogen and oxygen atoms in total. The van der Waals surface area contributed by atoms with Crippen LogP contribution in [0.5, 0.6) is 0 Å². The van der Waals surface area contributed by atoms with E-state index in [1.807, 2.05) is 14.0 Å². The number of nitrogens with zero attached hydrogens (tertiary/aromatic N) is 1. The van der Waals surface area contributed by atoms with Crippen LogP contribution in [0.4, 0.5) is 0 Å². The van der Waals surface area contributed by atoms with Crippen molar-refractivity contribution in [2.45, 2.75) is 38.4 Å². The summed E-state index contributed by atoms with van der Waals surface area (Å²) >= 11 is 0. The molecule has 2 heterocycles. The third-order valence-corrected chi connectivity index (χ3v) is 4.32. The van der Waals surface area contributed by atoms with Gasteiger partial charge in [-0.2, -0.15) is 0 Å².